The third-order valence-corrected chi connectivity index (χ3v) is 4.11. The second-order valence-electron chi connectivity index (χ2n) is 5.87. The summed E-state index contributed by atoms with van der Waals surface area (Å²) >= 11 is 0. The van der Waals surface area contributed by atoms with Gasteiger partial charge in [-0.05, 0) is 31.5 Å². The molecule has 2 aromatic carbocycles. The van der Waals surface area contributed by atoms with Crippen molar-refractivity contribution in [2.75, 3.05) is 11.9 Å². The molecule has 0 bridgehead atoms. The van der Waals surface area contributed by atoms with Gasteiger partial charge in [0.2, 0.25) is 0 Å². The molecule has 3 heteroatoms. The van der Waals surface area contributed by atoms with E-state index in [-0.39, 0.29) is 12.6 Å². The van der Waals surface area contributed by atoms with Gasteiger partial charge in [-0.25, -0.2) is 4.98 Å². The zero-order chi connectivity index (χ0) is 16.2. The summed E-state index contributed by atoms with van der Waals surface area (Å²) in [5, 5.41) is 14.1. The zero-order valence-corrected chi connectivity index (χ0v) is 13.6. The van der Waals surface area contributed by atoms with Crippen LogP contribution in [-0.2, 0) is 0 Å². The average Bonchev–Trinajstić information content (AvgIpc) is 2.60. The summed E-state index contributed by atoms with van der Waals surface area (Å²) < 4.78 is 0. The average molecular weight is 306 g/mol. The molecule has 0 saturated heterocycles. The standard InChI is InChI=1S/C20H22N2O/c1-3-16(13-23)21-20-12-19(15-7-5-4-6-8-15)22-18-10-9-14(2)11-17(18)20/h4-12,16,23H,3,13H2,1-2H3,(H,21,22). The molecule has 118 valence electrons. The van der Waals surface area contributed by atoms with Crippen molar-refractivity contribution in [1.82, 2.24) is 4.98 Å². The Morgan fingerprint density at radius 1 is 1.09 bits per heavy atom. The van der Waals surface area contributed by atoms with Crippen LogP contribution in [0.1, 0.15) is 18.9 Å². The Morgan fingerprint density at radius 3 is 2.57 bits per heavy atom. The van der Waals surface area contributed by atoms with Crippen LogP contribution in [-0.4, -0.2) is 22.7 Å². The summed E-state index contributed by atoms with van der Waals surface area (Å²) in [4.78, 5) is 4.80. The largest absolute Gasteiger partial charge is 0.394 e. The fourth-order valence-electron chi connectivity index (χ4n) is 2.71. The zero-order valence-electron chi connectivity index (χ0n) is 13.6. The van der Waals surface area contributed by atoms with Gasteiger partial charge < -0.3 is 10.4 Å². The number of nitrogens with one attached hydrogen (secondary N) is 1. The highest BCUT2D eigenvalue weighted by Crippen LogP contribution is 2.29. The molecule has 23 heavy (non-hydrogen) atoms. The monoisotopic (exact) mass is 306 g/mol. The fraction of sp³-hybridized carbons (Fsp3) is 0.250. The van der Waals surface area contributed by atoms with E-state index in [0.29, 0.717) is 0 Å². The Bertz CT molecular complexity index is 795. The molecule has 0 saturated carbocycles. The summed E-state index contributed by atoms with van der Waals surface area (Å²) in [6.07, 6.45) is 0.868. The van der Waals surface area contributed by atoms with E-state index < -0.39 is 0 Å². The second kappa shape index (κ2) is 6.80. The lowest BCUT2D eigenvalue weighted by Gasteiger charge is -2.18. The SMILES string of the molecule is CCC(CO)Nc1cc(-c2ccccc2)nc2ccc(C)cc12. The molecule has 0 radical (unpaired) electrons. The van der Waals surface area contributed by atoms with Crippen molar-refractivity contribution in [3.63, 3.8) is 0 Å². The van der Waals surface area contributed by atoms with Crippen LogP contribution < -0.4 is 5.32 Å². The molecular formula is C20H22N2O. The highest BCUT2D eigenvalue weighted by atomic mass is 16.3. The minimum atomic E-state index is 0.0461. The molecule has 3 nitrogen and oxygen atoms in total. The molecule has 3 aromatic rings. The predicted molar refractivity (Wildman–Crippen MR) is 96.7 cm³/mol. The van der Waals surface area contributed by atoms with Gasteiger partial charge in [-0.3, -0.25) is 0 Å². The van der Waals surface area contributed by atoms with Gasteiger partial charge in [-0.15, -0.1) is 0 Å². The molecule has 0 fully saturated rings. The van der Waals surface area contributed by atoms with Crippen LogP contribution in [0.15, 0.2) is 54.6 Å². The van der Waals surface area contributed by atoms with E-state index in [9.17, 15) is 5.11 Å². The van der Waals surface area contributed by atoms with Crippen molar-refractivity contribution in [3.8, 4) is 11.3 Å². The fourth-order valence-corrected chi connectivity index (χ4v) is 2.71. The quantitative estimate of drug-likeness (QED) is 0.734. The molecular weight excluding hydrogens is 284 g/mol. The summed E-state index contributed by atoms with van der Waals surface area (Å²) in [5.74, 6) is 0. The minimum absolute atomic E-state index is 0.0461. The number of aliphatic hydroxyl groups excluding tert-OH is 1. The maximum Gasteiger partial charge on any atom is 0.0730 e. The molecule has 3 rings (SSSR count). The molecule has 1 aromatic heterocycles. The number of hydrogen-bond donors (Lipinski definition) is 2. The Hall–Kier alpha value is -2.39. The number of nitrogens with zero attached hydrogens (tertiary/aromatic N) is 1. The first-order valence-corrected chi connectivity index (χ1v) is 8.05. The summed E-state index contributed by atoms with van der Waals surface area (Å²) in [6, 6.07) is 18.6. The van der Waals surface area contributed by atoms with E-state index in [0.717, 1.165) is 34.3 Å². The highest BCUT2D eigenvalue weighted by molar-refractivity contribution is 5.94. The third kappa shape index (κ3) is 3.35. The van der Waals surface area contributed by atoms with Crippen molar-refractivity contribution >= 4 is 16.6 Å². The number of aryl methyl sites for hydroxylation is 1. The van der Waals surface area contributed by atoms with Crippen LogP contribution >= 0.6 is 0 Å². The van der Waals surface area contributed by atoms with Crippen LogP contribution in [0.3, 0.4) is 0 Å². The van der Waals surface area contributed by atoms with Gasteiger partial charge in [-0.2, -0.15) is 0 Å². The van der Waals surface area contributed by atoms with E-state index in [1.165, 1.54) is 5.56 Å². The highest BCUT2D eigenvalue weighted by Gasteiger charge is 2.11. The Balaban J connectivity index is 2.15. The molecule has 0 amide bonds. The van der Waals surface area contributed by atoms with Gasteiger partial charge in [0.25, 0.3) is 0 Å². The van der Waals surface area contributed by atoms with Crippen LogP contribution in [0.2, 0.25) is 0 Å². The lowest BCUT2D eigenvalue weighted by atomic mass is 10.1. The topological polar surface area (TPSA) is 45.1 Å². The number of benzene rings is 2. The molecule has 2 N–H and O–H groups in total. The van der Waals surface area contributed by atoms with E-state index in [2.05, 4.69) is 55.6 Å². The maximum atomic E-state index is 9.52. The van der Waals surface area contributed by atoms with Crippen molar-refractivity contribution in [3.05, 3.63) is 60.2 Å². The second-order valence-corrected chi connectivity index (χ2v) is 5.87. The van der Waals surface area contributed by atoms with Crippen molar-refractivity contribution in [1.29, 1.82) is 0 Å². The van der Waals surface area contributed by atoms with E-state index in [1.54, 1.807) is 0 Å². The van der Waals surface area contributed by atoms with Crippen LogP contribution in [0, 0.1) is 6.92 Å². The molecule has 0 aliphatic rings. The molecule has 1 unspecified atom stereocenters. The minimum Gasteiger partial charge on any atom is -0.394 e. The van der Waals surface area contributed by atoms with Gasteiger partial charge in [-0.1, -0.05) is 48.9 Å². The number of aliphatic hydroxyl groups is 1. The van der Waals surface area contributed by atoms with Crippen molar-refractivity contribution in [2.24, 2.45) is 0 Å². The molecule has 0 aliphatic carbocycles. The van der Waals surface area contributed by atoms with Gasteiger partial charge in [0.1, 0.15) is 0 Å². The van der Waals surface area contributed by atoms with Gasteiger partial charge in [0.05, 0.1) is 17.8 Å². The third-order valence-electron chi connectivity index (χ3n) is 4.11. The number of rotatable bonds is 5. The van der Waals surface area contributed by atoms with Crippen molar-refractivity contribution in [2.45, 2.75) is 26.3 Å². The number of fused-ring (bicyclic) bond motifs is 1. The van der Waals surface area contributed by atoms with Crippen LogP contribution in [0.4, 0.5) is 5.69 Å². The molecule has 1 heterocycles. The summed E-state index contributed by atoms with van der Waals surface area (Å²) in [5.41, 5.74) is 5.23. The Morgan fingerprint density at radius 2 is 1.87 bits per heavy atom. The number of anilines is 1. The smallest absolute Gasteiger partial charge is 0.0730 e. The lowest BCUT2D eigenvalue weighted by Crippen LogP contribution is -2.22. The van der Waals surface area contributed by atoms with Gasteiger partial charge >= 0.3 is 0 Å². The molecule has 0 aliphatic heterocycles. The lowest BCUT2D eigenvalue weighted by molar-refractivity contribution is 0.272. The van der Waals surface area contributed by atoms with E-state index in [4.69, 9.17) is 4.98 Å². The van der Waals surface area contributed by atoms with Gasteiger partial charge in [0.15, 0.2) is 0 Å². The summed E-state index contributed by atoms with van der Waals surface area (Å²) in [7, 11) is 0. The summed E-state index contributed by atoms with van der Waals surface area (Å²) in [6.45, 7) is 4.27. The van der Waals surface area contributed by atoms with Crippen LogP contribution in [0.5, 0.6) is 0 Å². The normalized spacial score (nSPS) is 12.3. The van der Waals surface area contributed by atoms with Gasteiger partial charge in [0, 0.05) is 22.7 Å². The first-order valence-electron chi connectivity index (χ1n) is 8.05. The van der Waals surface area contributed by atoms with E-state index in [1.807, 2.05) is 18.2 Å². The number of pyridine rings is 1. The maximum absolute atomic E-state index is 9.52. The predicted octanol–water partition coefficient (Wildman–Crippen LogP) is 4.39. The van der Waals surface area contributed by atoms with Crippen molar-refractivity contribution < 1.29 is 5.11 Å². The van der Waals surface area contributed by atoms with E-state index >= 15 is 0 Å². The number of hydrogen-bond acceptors (Lipinski definition) is 3. The first kappa shape index (κ1) is 15.5. The molecule has 0 spiro atoms. The Labute approximate surface area is 137 Å². The number of aromatic nitrogens is 1. The van der Waals surface area contributed by atoms with Crippen LogP contribution in [0.25, 0.3) is 22.2 Å². The Kier molecular flexibility index (Phi) is 4.58. The molecule has 1 atom stereocenters. The first-order chi connectivity index (χ1) is 11.2.